The molecule has 2 aromatic rings. The van der Waals surface area contributed by atoms with Gasteiger partial charge < -0.3 is 28.4 Å². The van der Waals surface area contributed by atoms with E-state index in [1.165, 1.54) is 24.3 Å². The van der Waals surface area contributed by atoms with Crippen LogP contribution in [0.3, 0.4) is 0 Å². The van der Waals surface area contributed by atoms with Crippen LogP contribution in [0.1, 0.15) is 5.56 Å². The molecule has 0 unspecified atom stereocenters. The van der Waals surface area contributed by atoms with E-state index < -0.39 is 0 Å². The number of hydrogen-bond donors (Lipinski definition) is 0. The Morgan fingerprint density at radius 3 is 1.35 bits per heavy atom. The van der Waals surface area contributed by atoms with Gasteiger partial charge >= 0.3 is 0 Å². The van der Waals surface area contributed by atoms with E-state index in [0.29, 0.717) is 88.9 Å². The molecular formula is C31H34N2O10. The summed E-state index contributed by atoms with van der Waals surface area (Å²) in [6.45, 7) is 5.87. The van der Waals surface area contributed by atoms with Crippen LogP contribution in [0.4, 0.5) is 11.4 Å². The monoisotopic (exact) mass is 594 g/mol. The van der Waals surface area contributed by atoms with E-state index >= 15 is 0 Å². The number of aryl methyl sites for hydroxylation is 1. The number of anilines is 2. The minimum Gasteiger partial charge on any atom is -0.491 e. The summed E-state index contributed by atoms with van der Waals surface area (Å²) in [6.07, 6.45) is 5.00. The smallest absolute Gasteiger partial charge is 0.258 e. The third kappa shape index (κ3) is 9.32. The van der Waals surface area contributed by atoms with Gasteiger partial charge in [-0.15, -0.1) is 0 Å². The van der Waals surface area contributed by atoms with Crippen molar-refractivity contribution in [3.63, 3.8) is 0 Å². The van der Waals surface area contributed by atoms with Gasteiger partial charge in [0.2, 0.25) is 0 Å². The summed E-state index contributed by atoms with van der Waals surface area (Å²) in [5, 5.41) is 0. The van der Waals surface area contributed by atoms with Gasteiger partial charge in [-0.05, 0) is 55.0 Å². The van der Waals surface area contributed by atoms with Crippen molar-refractivity contribution in [1.29, 1.82) is 0 Å². The van der Waals surface area contributed by atoms with Crippen molar-refractivity contribution >= 4 is 35.0 Å². The molecular weight excluding hydrogens is 560 g/mol. The number of imide groups is 2. The highest BCUT2D eigenvalue weighted by Crippen LogP contribution is 2.27. The second-order valence-electron chi connectivity index (χ2n) is 9.28. The summed E-state index contributed by atoms with van der Waals surface area (Å²) in [5.74, 6) is -0.188. The number of carbonyl (C=O) groups is 4. The largest absolute Gasteiger partial charge is 0.491 e. The second-order valence-corrected chi connectivity index (χ2v) is 9.28. The zero-order valence-corrected chi connectivity index (χ0v) is 23.9. The predicted molar refractivity (Wildman–Crippen MR) is 155 cm³/mol. The van der Waals surface area contributed by atoms with Gasteiger partial charge in [-0.2, -0.15) is 0 Å². The third-order valence-electron chi connectivity index (χ3n) is 6.23. The average molecular weight is 595 g/mol. The normalized spacial score (nSPS) is 14.4. The summed E-state index contributed by atoms with van der Waals surface area (Å²) in [7, 11) is 0. The van der Waals surface area contributed by atoms with Crippen LogP contribution >= 0.6 is 0 Å². The van der Waals surface area contributed by atoms with Gasteiger partial charge in [-0.1, -0.05) is 0 Å². The van der Waals surface area contributed by atoms with Gasteiger partial charge in [0.05, 0.1) is 64.2 Å². The Labute approximate surface area is 249 Å². The minimum absolute atomic E-state index is 0.351. The van der Waals surface area contributed by atoms with E-state index in [2.05, 4.69) is 0 Å². The van der Waals surface area contributed by atoms with Gasteiger partial charge in [-0.3, -0.25) is 19.2 Å². The first-order valence-corrected chi connectivity index (χ1v) is 13.8. The molecule has 0 saturated carbocycles. The van der Waals surface area contributed by atoms with Gasteiger partial charge in [0.1, 0.15) is 24.7 Å². The van der Waals surface area contributed by atoms with Crippen molar-refractivity contribution in [2.45, 2.75) is 6.92 Å². The van der Waals surface area contributed by atoms with Crippen LogP contribution in [0, 0.1) is 6.92 Å². The fourth-order valence-corrected chi connectivity index (χ4v) is 4.15. The molecule has 0 atom stereocenters. The van der Waals surface area contributed by atoms with E-state index in [1.54, 1.807) is 42.5 Å². The highest BCUT2D eigenvalue weighted by molar-refractivity contribution is 6.28. The van der Waals surface area contributed by atoms with Gasteiger partial charge in [0.15, 0.2) is 0 Å². The fourth-order valence-electron chi connectivity index (χ4n) is 4.15. The van der Waals surface area contributed by atoms with Gasteiger partial charge in [0, 0.05) is 24.3 Å². The zero-order valence-electron chi connectivity index (χ0n) is 23.9. The van der Waals surface area contributed by atoms with Crippen LogP contribution in [0.5, 0.6) is 11.5 Å². The molecule has 12 nitrogen and oxygen atoms in total. The molecule has 0 spiro atoms. The Balaban J connectivity index is 0.927. The molecule has 0 aliphatic carbocycles. The van der Waals surface area contributed by atoms with E-state index in [1.807, 2.05) is 6.92 Å². The van der Waals surface area contributed by atoms with Crippen molar-refractivity contribution in [2.75, 3.05) is 75.9 Å². The lowest BCUT2D eigenvalue weighted by Gasteiger charge is -2.17. The van der Waals surface area contributed by atoms with E-state index in [-0.39, 0.29) is 23.6 Å². The second kappa shape index (κ2) is 16.3. The Morgan fingerprint density at radius 2 is 0.884 bits per heavy atom. The number of amides is 4. The highest BCUT2D eigenvalue weighted by atomic mass is 16.6. The number of ether oxygens (including phenoxy) is 6. The molecule has 0 N–H and O–H groups in total. The summed E-state index contributed by atoms with van der Waals surface area (Å²) >= 11 is 0. The molecule has 2 heterocycles. The fraction of sp³-hybridized carbons (Fsp3) is 0.355. The van der Waals surface area contributed by atoms with Crippen LogP contribution in [-0.2, 0) is 38.1 Å². The van der Waals surface area contributed by atoms with Crippen molar-refractivity contribution < 1.29 is 47.6 Å². The van der Waals surface area contributed by atoms with Crippen molar-refractivity contribution in [2.24, 2.45) is 0 Å². The lowest BCUT2D eigenvalue weighted by Crippen LogP contribution is -2.30. The van der Waals surface area contributed by atoms with Crippen LogP contribution in [0.15, 0.2) is 66.8 Å². The molecule has 0 saturated heterocycles. The van der Waals surface area contributed by atoms with Crippen LogP contribution < -0.4 is 19.3 Å². The maximum absolute atomic E-state index is 11.9. The lowest BCUT2D eigenvalue weighted by atomic mass is 10.1. The molecule has 0 aromatic heterocycles. The molecule has 2 aliphatic rings. The van der Waals surface area contributed by atoms with Crippen molar-refractivity contribution in [3.8, 4) is 11.5 Å². The minimum atomic E-state index is -0.360. The highest BCUT2D eigenvalue weighted by Gasteiger charge is 2.26. The molecule has 0 bridgehead atoms. The van der Waals surface area contributed by atoms with E-state index in [9.17, 15) is 19.2 Å². The Bertz CT molecular complexity index is 1300. The topological polar surface area (TPSA) is 130 Å². The molecule has 228 valence electrons. The van der Waals surface area contributed by atoms with Gasteiger partial charge in [0.25, 0.3) is 23.6 Å². The molecule has 0 radical (unpaired) electrons. The number of benzene rings is 2. The summed E-state index contributed by atoms with van der Waals surface area (Å²) < 4.78 is 33.2. The average Bonchev–Trinajstić information content (AvgIpc) is 3.52. The lowest BCUT2D eigenvalue weighted by molar-refractivity contribution is -0.121. The van der Waals surface area contributed by atoms with Crippen LogP contribution in [-0.4, -0.2) is 89.7 Å². The number of nitrogens with zero attached hydrogens (tertiary/aromatic N) is 2. The van der Waals surface area contributed by atoms with Crippen LogP contribution in [0.2, 0.25) is 0 Å². The Kier molecular flexibility index (Phi) is 12.0. The van der Waals surface area contributed by atoms with E-state index in [4.69, 9.17) is 28.4 Å². The molecule has 2 aliphatic heterocycles. The first-order valence-electron chi connectivity index (χ1n) is 13.8. The SMILES string of the molecule is Cc1cc(OCCOCCOCCOCCOCCOc2ccc(N3C(=O)C=CC3=O)cc2)ccc1N1C(=O)C=CC1=O. The first-order chi connectivity index (χ1) is 20.9. The Hall–Kier alpha value is -4.36. The molecule has 4 rings (SSSR count). The predicted octanol–water partition coefficient (Wildman–Crippen LogP) is 2.38. The number of carbonyl (C=O) groups excluding carboxylic acids is 4. The summed E-state index contributed by atoms with van der Waals surface area (Å²) in [4.78, 5) is 49.4. The molecule has 43 heavy (non-hydrogen) atoms. The maximum atomic E-state index is 11.9. The van der Waals surface area contributed by atoms with Crippen molar-refractivity contribution in [1.82, 2.24) is 0 Å². The maximum Gasteiger partial charge on any atom is 0.258 e. The Morgan fingerprint density at radius 1 is 0.488 bits per heavy atom. The molecule has 0 fully saturated rings. The molecule has 12 heteroatoms. The zero-order chi connectivity index (χ0) is 30.4. The first kappa shape index (κ1) is 31.6. The summed E-state index contributed by atoms with van der Waals surface area (Å²) in [5.41, 5.74) is 1.79. The standard InChI is InChI=1S/C31H34N2O10/c1-23-22-26(6-7-27(23)33-30(36)10-11-31(33)37)43-21-19-41-17-15-39-13-12-38-14-16-40-18-20-42-25-4-2-24(3-5-25)32-28(34)8-9-29(32)35/h2-11,22H,12-21H2,1H3. The molecule has 2 aromatic carbocycles. The number of hydrogen-bond acceptors (Lipinski definition) is 10. The number of rotatable bonds is 19. The molecule has 4 amide bonds. The third-order valence-corrected chi connectivity index (χ3v) is 6.23. The van der Waals surface area contributed by atoms with E-state index in [0.717, 1.165) is 15.4 Å². The van der Waals surface area contributed by atoms with Gasteiger partial charge in [-0.25, -0.2) is 9.80 Å². The van der Waals surface area contributed by atoms with Crippen LogP contribution in [0.25, 0.3) is 0 Å². The quantitative estimate of drug-likeness (QED) is 0.177. The van der Waals surface area contributed by atoms with Crippen molar-refractivity contribution in [3.05, 3.63) is 72.3 Å². The summed E-state index contributed by atoms with van der Waals surface area (Å²) in [6, 6.07) is 11.9.